The second-order valence-corrected chi connectivity index (χ2v) is 8.62. The van der Waals surface area contributed by atoms with E-state index in [1.807, 2.05) is 30.3 Å². The number of fused-ring (bicyclic) bond motifs is 2. The molecule has 0 aromatic heterocycles. The largest absolute Gasteiger partial charge is 0.368 e. The summed E-state index contributed by atoms with van der Waals surface area (Å²) in [4.78, 5) is 12.2. The van der Waals surface area contributed by atoms with Crippen molar-refractivity contribution in [2.75, 3.05) is 0 Å². The maximum absolute atomic E-state index is 13.2. The third kappa shape index (κ3) is 2.75. The summed E-state index contributed by atoms with van der Waals surface area (Å²) in [5.41, 5.74) is 9.74. The lowest BCUT2D eigenvalue weighted by Crippen LogP contribution is -2.51. The lowest BCUT2D eigenvalue weighted by molar-refractivity contribution is -0.122. The van der Waals surface area contributed by atoms with Gasteiger partial charge in [0.1, 0.15) is 6.04 Å². The number of primary amides is 1. The van der Waals surface area contributed by atoms with E-state index in [4.69, 9.17) is 5.73 Å². The Morgan fingerprint density at radius 3 is 2.48 bits per heavy atom. The van der Waals surface area contributed by atoms with E-state index in [1.54, 1.807) is 12.1 Å². The van der Waals surface area contributed by atoms with Crippen molar-refractivity contribution in [1.29, 1.82) is 0 Å². The molecule has 1 aliphatic heterocycles. The summed E-state index contributed by atoms with van der Waals surface area (Å²) in [5.74, 6) is -0.612. The molecule has 0 saturated heterocycles. The predicted octanol–water partition coefficient (Wildman–Crippen LogP) is 1.78. The SMILES string of the molecule is NC(=O)[C@@H]1Cc2ccccc2CN1S(=O)(=O)c1ccc2c(c1)CCC2. The molecule has 5 nitrogen and oxygen atoms in total. The van der Waals surface area contributed by atoms with Crippen LogP contribution in [0, 0.1) is 0 Å². The van der Waals surface area contributed by atoms with Crippen LogP contribution in [0.1, 0.15) is 28.7 Å². The number of hydrogen-bond acceptors (Lipinski definition) is 3. The average molecular weight is 356 g/mol. The van der Waals surface area contributed by atoms with Crippen LogP contribution in [0.15, 0.2) is 47.4 Å². The normalized spacial score (nSPS) is 20.1. The van der Waals surface area contributed by atoms with E-state index in [9.17, 15) is 13.2 Å². The first kappa shape index (κ1) is 16.3. The number of carbonyl (C=O) groups is 1. The number of aryl methyl sites for hydroxylation is 2. The quantitative estimate of drug-likeness (QED) is 0.910. The van der Waals surface area contributed by atoms with Crippen molar-refractivity contribution < 1.29 is 13.2 Å². The molecule has 25 heavy (non-hydrogen) atoms. The van der Waals surface area contributed by atoms with Crippen LogP contribution in [-0.2, 0) is 40.6 Å². The molecule has 0 radical (unpaired) electrons. The Balaban J connectivity index is 1.77. The molecule has 1 heterocycles. The molecule has 0 saturated carbocycles. The van der Waals surface area contributed by atoms with Crippen molar-refractivity contribution >= 4 is 15.9 Å². The Bertz CT molecular complexity index is 953. The van der Waals surface area contributed by atoms with E-state index < -0.39 is 22.0 Å². The fourth-order valence-corrected chi connectivity index (χ4v) is 5.46. The van der Waals surface area contributed by atoms with Gasteiger partial charge in [-0.1, -0.05) is 30.3 Å². The van der Waals surface area contributed by atoms with Crippen LogP contribution < -0.4 is 5.73 Å². The molecule has 6 heteroatoms. The van der Waals surface area contributed by atoms with Crippen molar-refractivity contribution in [3.63, 3.8) is 0 Å². The molecule has 130 valence electrons. The Morgan fingerprint density at radius 2 is 1.72 bits per heavy atom. The molecule has 1 amide bonds. The summed E-state index contributed by atoms with van der Waals surface area (Å²) < 4.78 is 27.7. The highest BCUT2D eigenvalue weighted by atomic mass is 32.2. The first-order valence-electron chi connectivity index (χ1n) is 8.46. The summed E-state index contributed by atoms with van der Waals surface area (Å²) in [5, 5.41) is 0. The van der Waals surface area contributed by atoms with Crippen LogP contribution in [0.4, 0.5) is 0 Å². The highest BCUT2D eigenvalue weighted by Gasteiger charge is 2.38. The smallest absolute Gasteiger partial charge is 0.244 e. The number of rotatable bonds is 3. The first-order chi connectivity index (χ1) is 12.0. The standard InChI is InChI=1S/C19H20N2O3S/c20-19(22)18-11-15-4-1-2-5-16(15)12-21(18)25(23,24)17-9-8-13-6-3-7-14(13)10-17/h1-2,4-5,8-10,18H,3,6-7,11-12H2,(H2,20,22)/t18-/m0/s1. The minimum absolute atomic E-state index is 0.170. The second-order valence-electron chi connectivity index (χ2n) is 6.73. The van der Waals surface area contributed by atoms with Crippen molar-refractivity contribution in [2.45, 2.75) is 43.2 Å². The van der Waals surface area contributed by atoms with E-state index in [0.717, 1.165) is 36.0 Å². The molecule has 2 N–H and O–H groups in total. The van der Waals surface area contributed by atoms with E-state index >= 15 is 0 Å². The number of sulfonamides is 1. The highest BCUT2D eigenvalue weighted by molar-refractivity contribution is 7.89. The van der Waals surface area contributed by atoms with Gasteiger partial charge >= 0.3 is 0 Å². The minimum Gasteiger partial charge on any atom is -0.368 e. The maximum Gasteiger partial charge on any atom is 0.244 e. The number of hydrogen-bond donors (Lipinski definition) is 1. The van der Waals surface area contributed by atoms with Gasteiger partial charge in [0, 0.05) is 6.54 Å². The summed E-state index contributed by atoms with van der Waals surface area (Å²) in [6, 6.07) is 12.0. The molecule has 1 atom stereocenters. The molecule has 2 aliphatic rings. The van der Waals surface area contributed by atoms with Gasteiger partial charge in [-0.2, -0.15) is 4.31 Å². The number of amides is 1. The van der Waals surface area contributed by atoms with Crippen LogP contribution in [0.5, 0.6) is 0 Å². The number of nitrogens with zero attached hydrogens (tertiary/aromatic N) is 1. The van der Waals surface area contributed by atoms with Crippen LogP contribution in [0.25, 0.3) is 0 Å². The molecular formula is C19H20N2O3S. The fraction of sp³-hybridized carbons (Fsp3) is 0.316. The Kier molecular flexibility index (Phi) is 3.89. The van der Waals surface area contributed by atoms with E-state index in [-0.39, 0.29) is 11.4 Å². The maximum atomic E-state index is 13.2. The molecule has 0 bridgehead atoms. The molecule has 2 aromatic rings. The molecule has 0 spiro atoms. The summed E-state index contributed by atoms with van der Waals surface area (Å²) >= 11 is 0. The minimum atomic E-state index is -3.79. The van der Waals surface area contributed by atoms with Gasteiger partial charge in [-0.3, -0.25) is 4.79 Å². The average Bonchev–Trinajstić information content (AvgIpc) is 3.08. The summed E-state index contributed by atoms with van der Waals surface area (Å²) in [7, 11) is -3.79. The Morgan fingerprint density at radius 1 is 1.00 bits per heavy atom. The zero-order valence-corrected chi connectivity index (χ0v) is 14.6. The number of nitrogens with two attached hydrogens (primary N) is 1. The number of carbonyl (C=O) groups excluding carboxylic acids is 1. The highest BCUT2D eigenvalue weighted by Crippen LogP contribution is 2.31. The topological polar surface area (TPSA) is 80.5 Å². The van der Waals surface area contributed by atoms with E-state index in [1.165, 1.54) is 9.87 Å². The lowest BCUT2D eigenvalue weighted by atomic mass is 9.96. The molecule has 4 rings (SSSR count). The fourth-order valence-electron chi connectivity index (χ4n) is 3.84. The Labute approximate surface area is 147 Å². The van der Waals surface area contributed by atoms with Crippen molar-refractivity contribution in [3.05, 3.63) is 64.7 Å². The van der Waals surface area contributed by atoms with Crippen LogP contribution >= 0.6 is 0 Å². The Hall–Kier alpha value is -2.18. The molecule has 0 unspecified atom stereocenters. The molecule has 1 aliphatic carbocycles. The van der Waals surface area contributed by atoms with Crippen LogP contribution in [-0.4, -0.2) is 24.7 Å². The van der Waals surface area contributed by atoms with E-state index in [2.05, 4.69) is 0 Å². The van der Waals surface area contributed by atoms with Gasteiger partial charge in [-0.25, -0.2) is 8.42 Å². The predicted molar refractivity (Wildman–Crippen MR) is 94.3 cm³/mol. The lowest BCUT2D eigenvalue weighted by Gasteiger charge is -2.34. The van der Waals surface area contributed by atoms with Gasteiger partial charge in [-0.15, -0.1) is 0 Å². The monoisotopic (exact) mass is 356 g/mol. The van der Waals surface area contributed by atoms with Crippen molar-refractivity contribution in [1.82, 2.24) is 4.31 Å². The van der Waals surface area contributed by atoms with Gasteiger partial charge in [0.05, 0.1) is 4.90 Å². The van der Waals surface area contributed by atoms with Gasteiger partial charge in [0.2, 0.25) is 15.9 Å². The summed E-state index contributed by atoms with van der Waals surface area (Å²) in [6.45, 7) is 0.170. The third-order valence-electron chi connectivity index (χ3n) is 5.21. The van der Waals surface area contributed by atoms with Crippen molar-refractivity contribution in [3.8, 4) is 0 Å². The first-order valence-corrected chi connectivity index (χ1v) is 9.90. The molecular weight excluding hydrogens is 336 g/mol. The molecule has 2 aromatic carbocycles. The zero-order chi connectivity index (χ0) is 17.6. The van der Waals surface area contributed by atoms with Crippen LogP contribution in [0.3, 0.4) is 0 Å². The van der Waals surface area contributed by atoms with Gasteiger partial charge in [0.15, 0.2) is 0 Å². The zero-order valence-electron chi connectivity index (χ0n) is 13.8. The second kappa shape index (κ2) is 5.97. The van der Waals surface area contributed by atoms with Crippen LogP contribution in [0.2, 0.25) is 0 Å². The van der Waals surface area contributed by atoms with Gasteiger partial charge < -0.3 is 5.73 Å². The third-order valence-corrected chi connectivity index (χ3v) is 7.06. The van der Waals surface area contributed by atoms with E-state index in [0.29, 0.717) is 6.42 Å². The number of benzene rings is 2. The summed E-state index contributed by atoms with van der Waals surface area (Å²) in [6.07, 6.45) is 3.27. The van der Waals surface area contributed by atoms with Gasteiger partial charge in [0.25, 0.3) is 0 Å². The van der Waals surface area contributed by atoms with Gasteiger partial charge in [-0.05, 0) is 60.1 Å². The van der Waals surface area contributed by atoms with Crippen molar-refractivity contribution in [2.24, 2.45) is 5.73 Å². The molecule has 0 fully saturated rings.